The van der Waals surface area contributed by atoms with Crippen LogP contribution in [0.3, 0.4) is 0 Å². The number of H-pyrrole nitrogens is 1. The summed E-state index contributed by atoms with van der Waals surface area (Å²) >= 11 is 0. The molecule has 0 saturated heterocycles. The second-order valence-corrected chi connectivity index (χ2v) is 4.89. The molecule has 5 heteroatoms. The molecule has 2 aromatic carbocycles. The molecule has 21 heavy (non-hydrogen) atoms. The summed E-state index contributed by atoms with van der Waals surface area (Å²) in [6.45, 7) is 1.94. The van der Waals surface area contributed by atoms with Gasteiger partial charge in [0, 0.05) is 11.3 Å². The van der Waals surface area contributed by atoms with Crippen molar-refractivity contribution in [1.82, 2.24) is 9.97 Å². The van der Waals surface area contributed by atoms with E-state index < -0.39 is 0 Å². The van der Waals surface area contributed by atoms with E-state index in [-0.39, 0.29) is 17.2 Å². The summed E-state index contributed by atoms with van der Waals surface area (Å²) in [7, 11) is 0. The van der Waals surface area contributed by atoms with E-state index in [2.05, 4.69) is 9.97 Å². The zero-order chi connectivity index (χ0) is 15.0. The third-order valence-corrected chi connectivity index (χ3v) is 3.26. The monoisotopic (exact) mass is 279 g/mol. The molecule has 0 amide bonds. The number of nitrogen functional groups attached to an aromatic ring is 1. The van der Waals surface area contributed by atoms with Crippen LogP contribution in [-0.2, 0) is 0 Å². The highest BCUT2D eigenvalue weighted by atomic mass is 16.1. The summed E-state index contributed by atoms with van der Waals surface area (Å²) in [6, 6.07) is 11.9. The van der Waals surface area contributed by atoms with Gasteiger partial charge in [-0.05, 0) is 25.1 Å². The molecule has 0 aliphatic rings. The number of benzene rings is 2. The maximum Gasteiger partial charge on any atom is 0.259 e. The Kier molecular flexibility index (Phi) is 3.02. The molecule has 3 aromatic rings. The second-order valence-electron chi connectivity index (χ2n) is 4.89. The van der Waals surface area contributed by atoms with Crippen molar-refractivity contribution in [2.75, 3.05) is 5.73 Å². The van der Waals surface area contributed by atoms with E-state index in [4.69, 9.17) is 5.73 Å². The average Bonchev–Trinajstić information content (AvgIpc) is 2.48. The molecule has 0 radical (unpaired) electrons. The van der Waals surface area contributed by atoms with E-state index in [1.165, 1.54) is 0 Å². The molecule has 1 heterocycles. The van der Waals surface area contributed by atoms with Crippen LogP contribution in [-0.4, -0.2) is 15.8 Å². The van der Waals surface area contributed by atoms with Crippen LogP contribution in [0.5, 0.6) is 0 Å². The highest BCUT2D eigenvalue weighted by Crippen LogP contribution is 2.13. The number of aryl methyl sites for hydroxylation is 1. The van der Waals surface area contributed by atoms with Crippen molar-refractivity contribution in [3.8, 4) is 0 Å². The lowest BCUT2D eigenvalue weighted by atomic mass is 10.1. The van der Waals surface area contributed by atoms with Crippen molar-refractivity contribution in [3.63, 3.8) is 0 Å². The molecular weight excluding hydrogens is 266 g/mol. The Balaban J connectivity index is 2.12. The number of anilines is 1. The van der Waals surface area contributed by atoms with Crippen molar-refractivity contribution in [1.29, 1.82) is 0 Å². The lowest BCUT2D eigenvalue weighted by Gasteiger charge is -2.03. The number of nitrogens with two attached hydrogens (primary N) is 1. The molecule has 3 N–H and O–H groups in total. The fourth-order valence-corrected chi connectivity index (χ4v) is 2.11. The standard InChI is InChI=1S/C16H13N3O2/c1-9-2-4-10(5-3-9)14(20)15-18-13-7-6-11(17)8-12(13)16(21)19-15/h2-8H,17H2,1H3,(H,18,19,21). The van der Waals surface area contributed by atoms with Gasteiger partial charge in [-0.3, -0.25) is 9.59 Å². The normalized spacial score (nSPS) is 10.7. The minimum Gasteiger partial charge on any atom is -0.399 e. The second kappa shape index (κ2) is 4.86. The van der Waals surface area contributed by atoms with Crippen LogP contribution in [0.25, 0.3) is 10.9 Å². The number of nitrogens with zero attached hydrogens (tertiary/aromatic N) is 1. The molecule has 0 atom stereocenters. The van der Waals surface area contributed by atoms with Crippen molar-refractivity contribution in [2.45, 2.75) is 6.92 Å². The summed E-state index contributed by atoms with van der Waals surface area (Å²) in [5.74, 6) is -0.285. The molecule has 0 saturated carbocycles. The third-order valence-electron chi connectivity index (χ3n) is 3.26. The van der Waals surface area contributed by atoms with Crippen molar-refractivity contribution in [3.05, 3.63) is 69.8 Å². The molecule has 5 nitrogen and oxygen atoms in total. The Morgan fingerprint density at radius 1 is 1.14 bits per heavy atom. The number of nitrogens with one attached hydrogen (secondary N) is 1. The van der Waals surface area contributed by atoms with Gasteiger partial charge in [0.25, 0.3) is 5.56 Å². The largest absolute Gasteiger partial charge is 0.399 e. The van der Waals surface area contributed by atoms with Gasteiger partial charge >= 0.3 is 0 Å². The first-order valence-corrected chi connectivity index (χ1v) is 6.45. The van der Waals surface area contributed by atoms with Crippen molar-refractivity contribution < 1.29 is 4.79 Å². The Morgan fingerprint density at radius 3 is 2.57 bits per heavy atom. The first-order valence-electron chi connectivity index (χ1n) is 6.45. The number of ketones is 1. The van der Waals surface area contributed by atoms with Gasteiger partial charge in [-0.2, -0.15) is 0 Å². The molecule has 0 unspecified atom stereocenters. The lowest BCUT2D eigenvalue weighted by Crippen LogP contribution is -2.16. The predicted molar refractivity (Wildman–Crippen MR) is 81.4 cm³/mol. The van der Waals surface area contributed by atoms with Crippen molar-refractivity contribution in [2.24, 2.45) is 0 Å². The van der Waals surface area contributed by atoms with E-state index >= 15 is 0 Å². The Bertz CT molecular complexity index is 896. The van der Waals surface area contributed by atoms with Crippen LogP contribution in [0.15, 0.2) is 47.3 Å². The van der Waals surface area contributed by atoms with Gasteiger partial charge in [0.15, 0.2) is 5.82 Å². The van der Waals surface area contributed by atoms with Crippen molar-refractivity contribution >= 4 is 22.4 Å². The summed E-state index contributed by atoms with van der Waals surface area (Å²) in [5.41, 5.74) is 7.74. The average molecular weight is 279 g/mol. The van der Waals surface area contributed by atoms with Crippen LogP contribution >= 0.6 is 0 Å². The molecule has 0 bridgehead atoms. The number of hydrogen-bond donors (Lipinski definition) is 2. The van der Waals surface area contributed by atoms with Gasteiger partial charge in [0.05, 0.1) is 10.9 Å². The number of carbonyl (C=O) groups excluding carboxylic acids is 1. The quantitative estimate of drug-likeness (QED) is 0.555. The Labute approximate surface area is 120 Å². The van der Waals surface area contributed by atoms with Crippen LogP contribution < -0.4 is 11.3 Å². The molecular formula is C16H13N3O2. The Morgan fingerprint density at radius 2 is 1.86 bits per heavy atom. The van der Waals surface area contributed by atoms with Crippen LogP contribution in [0, 0.1) is 6.92 Å². The number of hydrogen-bond acceptors (Lipinski definition) is 4. The highest BCUT2D eigenvalue weighted by Gasteiger charge is 2.13. The van der Waals surface area contributed by atoms with E-state index in [0.717, 1.165) is 5.56 Å². The summed E-state index contributed by atoms with van der Waals surface area (Å²) < 4.78 is 0. The maximum atomic E-state index is 12.4. The first-order chi connectivity index (χ1) is 10.0. The summed E-state index contributed by atoms with van der Waals surface area (Å²) in [4.78, 5) is 31.1. The lowest BCUT2D eigenvalue weighted by molar-refractivity contribution is 0.102. The minimum absolute atomic E-state index is 0.0288. The van der Waals surface area contributed by atoms with Crippen LogP contribution in [0.2, 0.25) is 0 Å². The fraction of sp³-hybridized carbons (Fsp3) is 0.0625. The molecule has 1 aromatic heterocycles. The first kappa shape index (κ1) is 13.1. The molecule has 0 fully saturated rings. The zero-order valence-corrected chi connectivity index (χ0v) is 11.4. The van der Waals surface area contributed by atoms with E-state index in [0.29, 0.717) is 22.2 Å². The van der Waals surface area contributed by atoms with Crippen LogP contribution in [0.4, 0.5) is 5.69 Å². The smallest absolute Gasteiger partial charge is 0.259 e. The predicted octanol–water partition coefficient (Wildman–Crippen LogP) is 2.04. The van der Waals surface area contributed by atoms with E-state index in [1.807, 2.05) is 19.1 Å². The molecule has 104 valence electrons. The maximum absolute atomic E-state index is 12.4. The third kappa shape index (κ3) is 2.41. The fourth-order valence-electron chi connectivity index (χ4n) is 2.11. The van der Waals surface area contributed by atoms with E-state index in [1.54, 1.807) is 30.3 Å². The summed E-state index contributed by atoms with van der Waals surface area (Å²) in [6.07, 6.45) is 0. The number of aromatic nitrogens is 2. The summed E-state index contributed by atoms with van der Waals surface area (Å²) in [5, 5.41) is 0.371. The molecule has 3 rings (SSSR count). The van der Waals surface area contributed by atoms with Gasteiger partial charge in [0.1, 0.15) is 0 Å². The van der Waals surface area contributed by atoms with Crippen LogP contribution in [0.1, 0.15) is 21.7 Å². The van der Waals surface area contributed by atoms with Gasteiger partial charge < -0.3 is 10.7 Å². The Hall–Kier alpha value is -2.95. The number of fused-ring (bicyclic) bond motifs is 1. The van der Waals surface area contributed by atoms with Gasteiger partial charge in [0.2, 0.25) is 5.78 Å². The number of aromatic amines is 1. The number of carbonyl (C=O) groups is 1. The molecule has 0 aliphatic heterocycles. The highest BCUT2D eigenvalue weighted by molar-refractivity contribution is 6.07. The molecule has 0 spiro atoms. The number of rotatable bonds is 2. The van der Waals surface area contributed by atoms with Gasteiger partial charge in [-0.15, -0.1) is 0 Å². The topological polar surface area (TPSA) is 88.8 Å². The van der Waals surface area contributed by atoms with E-state index in [9.17, 15) is 9.59 Å². The van der Waals surface area contributed by atoms with Gasteiger partial charge in [-0.1, -0.05) is 29.8 Å². The van der Waals surface area contributed by atoms with Gasteiger partial charge in [-0.25, -0.2) is 4.98 Å². The minimum atomic E-state index is -0.372. The molecule has 0 aliphatic carbocycles. The zero-order valence-electron chi connectivity index (χ0n) is 11.4. The SMILES string of the molecule is Cc1ccc(C(=O)c2nc3ccc(N)cc3c(=O)[nH]2)cc1.